The molecule has 0 spiro atoms. The van der Waals surface area contributed by atoms with Crippen LogP contribution < -0.4 is 0 Å². The topological polar surface area (TPSA) is 208 Å². The zero-order chi connectivity index (χ0) is 51.6. The molecule has 6 atom stereocenters. The molecule has 0 aromatic heterocycles. The van der Waals surface area contributed by atoms with Gasteiger partial charge in [-0.25, -0.2) is 14.4 Å². The molecule has 3 aliphatic rings. The Morgan fingerprint density at radius 1 is 0.449 bits per heavy atom. The van der Waals surface area contributed by atoms with Gasteiger partial charge in [-0.3, -0.25) is 30.3 Å². The van der Waals surface area contributed by atoms with Crippen LogP contribution in [0.4, 0.5) is 0 Å². The van der Waals surface area contributed by atoms with Crippen LogP contribution >= 0.6 is 83.1 Å². The minimum Gasteiger partial charge on any atom is -0.453 e. The molecule has 0 amide bonds. The SMILES string of the molecule is CC(C)(C)SC1=C[C@H]([C@@H](C[N+](=O)[O-])c2ccc(Br)cc2)OC1=O.CC(C)(C)SC1=C[C@H]([C@@H](C[N+](=O)[O-])c2ccc(Br)cc2)OC1=O.CC(C)(C)SC1=C[C@H]([C@@H](C[N+](=O)[O-])c2ccc(Br)cc2)OC1=O. The van der Waals surface area contributed by atoms with Gasteiger partial charge in [0.1, 0.15) is 18.3 Å². The molecule has 15 nitrogen and oxygen atoms in total. The summed E-state index contributed by atoms with van der Waals surface area (Å²) in [5.41, 5.74) is 2.34. The van der Waals surface area contributed by atoms with Crippen LogP contribution in [0.25, 0.3) is 0 Å². The number of carbonyl (C=O) groups is 3. The lowest BCUT2D eigenvalue weighted by Gasteiger charge is -2.18. The number of carbonyl (C=O) groups excluding carboxylic acids is 3. The van der Waals surface area contributed by atoms with E-state index in [2.05, 4.69) is 47.8 Å². The van der Waals surface area contributed by atoms with Crippen LogP contribution in [-0.4, -0.2) is 84.9 Å². The second-order valence-corrected chi connectivity index (χ2v) is 27.2. The van der Waals surface area contributed by atoms with Gasteiger partial charge in [0, 0.05) is 42.4 Å². The van der Waals surface area contributed by atoms with E-state index in [9.17, 15) is 44.7 Å². The molecule has 372 valence electrons. The highest BCUT2D eigenvalue weighted by atomic mass is 79.9. The fourth-order valence-electron chi connectivity index (χ4n) is 6.92. The lowest BCUT2D eigenvalue weighted by molar-refractivity contribution is -0.484. The molecule has 69 heavy (non-hydrogen) atoms. The number of rotatable bonds is 15. The highest BCUT2D eigenvalue weighted by molar-refractivity contribution is 9.11. The molecule has 0 N–H and O–H groups in total. The number of nitrogens with zero attached hydrogens (tertiary/aromatic N) is 3. The van der Waals surface area contributed by atoms with Crippen LogP contribution in [-0.2, 0) is 28.6 Å². The van der Waals surface area contributed by atoms with Gasteiger partial charge >= 0.3 is 17.9 Å². The van der Waals surface area contributed by atoms with Gasteiger partial charge in [0.15, 0.2) is 0 Å². The average Bonchev–Trinajstić information content (AvgIpc) is 3.89. The fraction of sp³-hybridized carbons (Fsp3) is 0.438. The number of hydrogen-bond donors (Lipinski definition) is 0. The van der Waals surface area contributed by atoms with Gasteiger partial charge in [0.25, 0.3) is 0 Å². The lowest BCUT2D eigenvalue weighted by atomic mass is 9.93. The summed E-state index contributed by atoms with van der Waals surface area (Å²) in [6, 6.07) is 21.8. The summed E-state index contributed by atoms with van der Waals surface area (Å²) in [5, 5.41) is 33.1. The molecule has 0 unspecified atom stereocenters. The van der Waals surface area contributed by atoms with Gasteiger partial charge in [0.2, 0.25) is 19.6 Å². The van der Waals surface area contributed by atoms with E-state index in [1.165, 1.54) is 35.3 Å². The van der Waals surface area contributed by atoms with E-state index in [1.807, 2.05) is 135 Å². The summed E-state index contributed by atoms with van der Waals surface area (Å²) in [5.74, 6) is -2.71. The van der Waals surface area contributed by atoms with Crippen molar-refractivity contribution in [2.75, 3.05) is 19.6 Å². The Kier molecular flexibility index (Phi) is 20.8. The molecular weight excluding hydrogens is 1150 g/mol. The van der Waals surface area contributed by atoms with Gasteiger partial charge in [0.05, 0.1) is 32.5 Å². The Morgan fingerprint density at radius 3 is 0.826 bits per heavy atom. The maximum Gasteiger partial charge on any atom is 0.345 e. The highest BCUT2D eigenvalue weighted by Crippen LogP contribution is 2.41. The Balaban J connectivity index is 0.000000225. The van der Waals surface area contributed by atoms with Crippen LogP contribution in [0.15, 0.2) is 119 Å². The van der Waals surface area contributed by atoms with Crippen molar-refractivity contribution in [1.82, 2.24) is 0 Å². The van der Waals surface area contributed by atoms with Gasteiger partial charge in [-0.1, -0.05) is 147 Å². The molecule has 21 heteroatoms. The molecule has 0 fully saturated rings. The minimum atomic E-state index is -0.612. The minimum absolute atomic E-state index is 0.129. The quantitative estimate of drug-likeness (QED) is 0.0600. The predicted molar refractivity (Wildman–Crippen MR) is 282 cm³/mol. The maximum atomic E-state index is 12.0. The Labute approximate surface area is 439 Å². The van der Waals surface area contributed by atoms with Gasteiger partial charge < -0.3 is 14.2 Å². The molecule has 3 aromatic carbocycles. The number of hydrogen-bond acceptors (Lipinski definition) is 15. The summed E-state index contributed by atoms with van der Waals surface area (Å²) in [4.78, 5) is 69.7. The molecule has 3 aliphatic heterocycles. The van der Waals surface area contributed by atoms with Crippen molar-refractivity contribution in [3.8, 4) is 0 Å². The number of ether oxygens (including phenoxy) is 3. The van der Waals surface area contributed by atoms with Crippen LogP contribution in [0.5, 0.6) is 0 Å². The first-order valence-corrected chi connectivity index (χ1v) is 26.3. The third kappa shape index (κ3) is 19.3. The molecule has 3 aromatic rings. The van der Waals surface area contributed by atoms with Crippen molar-refractivity contribution in [3.63, 3.8) is 0 Å². The molecule has 0 radical (unpaired) electrons. The van der Waals surface area contributed by atoms with Gasteiger partial charge in [-0.15, -0.1) is 35.3 Å². The van der Waals surface area contributed by atoms with E-state index in [4.69, 9.17) is 14.2 Å². The summed E-state index contributed by atoms with van der Waals surface area (Å²) < 4.78 is 18.5. The summed E-state index contributed by atoms with van der Waals surface area (Å²) in [6.45, 7) is 17.2. The average molecular weight is 1200 g/mol. The van der Waals surface area contributed by atoms with Crippen molar-refractivity contribution in [3.05, 3.63) is 166 Å². The van der Waals surface area contributed by atoms with Gasteiger partial charge in [-0.2, -0.15) is 0 Å². The van der Waals surface area contributed by atoms with E-state index >= 15 is 0 Å². The van der Waals surface area contributed by atoms with Crippen molar-refractivity contribution in [2.24, 2.45) is 0 Å². The smallest absolute Gasteiger partial charge is 0.345 e. The number of cyclic esters (lactones) is 3. The Morgan fingerprint density at radius 2 is 0.652 bits per heavy atom. The van der Waals surface area contributed by atoms with E-state index < -0.39 is 54.0 Å². The number of thioether (sulfide) groups is 3. The molecule has 0 saturated carbocycles. The van der Waals surface area contributed by atoms with Crippen molar-refractivity contribution in [2.45, 2.75) is 113 Å². The lowest BCUT2D eigenvalue weighted by Crippen LogP contribution is -2.25. The largest absolute Gasteiger partial charge is 0.453 e. The van der Waals surface area contributed by atoms with Crippen LogP contribution in [0, 0.1) is 30.3 Å². The van der Waals surface area contributed by atoms with Crippen molar-refractivity contribution < 1.29 is 43.4 Å². The zero-order valence-electron chi connectivity index (χ0n) is 39.3. The second-order valence-electron chi connectivity index (χ2n) is 18.9. The highest BCUT2D eigenvalue weighted by Gasteiger charge is 2.40. The first-order chi connectivity index (χ1) is 32.0. The molecule has 0 saturated heterocycles. The molecular formula is C48H54Br3N3O12S3. The molecule has 0 aliphatic carbocycles. The van der Waals surface area contributed by atoms with Crippen LogP contribution in [0.1, 0.15) is 96.8 Å². The monoisotopic (exact) mass is 1200 g/mol. The van der Waals surface area contributed by atoms with Crippen LogP contribution in [0.3, 0.4) is 0 Å². The van der Waals surface area contributed by atoms with Crippen LogP contribution in [0.2, 0.25) is 0 Å². The summed E-state index contributed by atoms with van der Waals surface area (Å²) >= 11 is 14.3. The Bertz CT molecular complexity index is 2180. The van der Waals surface area contributed by atoms with Crippen molar-refractivity contribution in [1.29, 1.82) is 0 Å². The standard InChI is InChI=1S/3C16H18BrNO4S/c3*1-16(2,3)23-14-8-13(22-15(14)19)12(9-18(20)21)10-4-6-11(17)7-5-10/h3*4-8,12-13H,9H2,1-3H3/t3*12-,13+/m000/s1. The number of esters is 3. The van der Waals surface area contributed by atoms with E-state index in [1.54, 1.807) is 18.2 Å². The molecule has 6 rings (SSSR count). The number of nitro groups is 3. The fourth-order valence-corrected chi connectivity index (χ4v) is 10.7. The summed E-state index contributed by atoms with van der Waals surface area (Å²) in [7, 11) is 0. The number of halogens is 3. The van der Waals surface area contributed by atoms with Gasteiger partial charge in [-0.05, 0) is 71.3 Å². The third-order valence-corrected chi connectivity index (χ3v) is 14.6. The van der Waals surface area contributed by atoms with Crippen molar-refractivity contribution >= 4 is 101 Å². The van der Waals surface area contributed by atoms with E-state index in [0.29, 0.717) is 14.7 Å². The number of benzene rings is 3. The zero-order valence-corrected chi connectivity index (χ0v) is 46.6. The third-order valence-electron chi connectivity index (χ3n) is 9.65. The first-order valence-electron chi connectivity index (χ1n) is 21.4. The molecule has 3 heterocycles. The summed E-state index contributed by atoms with van der Waals surface area (Å²) in [6.07, 6.45) is 3.31. The normalized spacial score (nSPS) is 19.2. The van der Waals surface area contributed by atoms with E-state index in [-0.39, 0.29) is 48.6 Å². The second kappa shape index (κ2) is 24.9. The maximum absolute atomic E-state index is 12.0. The first kappa shape index (κ1) is 57.6. The molecule has 0 bridgehead atoms. The van der Waals surface area contributed by atoms with E-state index in [0.717, 1.165) is 30.1 Å². The Hall–Kier alpha value is -4.02. The predicted octanol–water partition coefficient (Wildman–Crippen LogP) is 12.5.